The fourth-order valence-electron chi connectivity index (χ4n) is 3.88. The van der Waals surface area contributed by atoms with Crippen LogP contribution >= 0.6 is 0 Å². The lowest BCUT2D eigenvalue weighted by Gasteiger charge is -2.26. The molecule has 1 heterocycles. The molecule has 4 heteroatoms. The Morgan fingerprint density at radius 1 is 1.08 bits per heavy atom. The molecule has 2 unspecified atom stereocenters. The van der Waals surface area contributed by atoms with E-state index in [1.165, 1.54) is 11.1 Å². The molecular formula is C22H25NO3. The zero-order valence-corrected chi connectivity index (χ0v) is 14.9. The van der Waals surface area contributed by atoms with Crippen molar-refractivity contribution in [1.82, 2.24) is 5.32 Å². The fourth-order valence-corrected chi connectivity index (χ4v) is 3.88. The Hall–Kier alpha value is -2.33. The lowest BCUT2D eigenvalue weighted by molar-refractivity contribution is 0.0670. The van der Waals surface area contributed by atoms with Gasteiger partial charge in [-0.3, -0.25) is 4.79 Å². The molecule has 2 aromatic rings. The molecular weight excluding hydrogens is 326 g/mol. The quantitative estimate of drug-likeness (QED) is 0.884. The third-order valence-corrected chi connectivity index (χ3v) is 5.26. The molecule has 2 aromatic carbocycles. The maximum atomic E-state index is 12.9. The van der Waals surface area contributed by atoms with Crippen molar-refractivity contribution >= 4 is 5.91 Å². The van der Waals surface area contributed by atoms with Crippen LogP contribution in [0.2, 0.25) is 0 Å². The van der Waals surface area contributed by atoms with E-state index < -0.39 is 0 Å². The molecule has 1 aliphatic carbocycles. The van der Waals surface area contributed by atoms with E-state index in [9.17, 15) is 4.79 Å². The first kappa shape index (κ1) is 17.1. The Labute approximate surface area is 154 Å². The molecule has 0 spiro atoms. The lowest BCUT2D eigenvalue weighted by Crippen LogP contribution is -2.31. The van der Waals surface area contributed by atoms with Crippen molar-refractivity contribution in [1.29, 1.82) is 0 Å². The molecule has 1 N–H and O–H groups in total. The summed E-state index contributed by atoms with van der Waals surface area (Å²) in [5.74, 6) is 0.555. The van der Waals surface area contributed by atoms with Crippen LogP contribution in [-0.4, -0.2) is 25.2 Å². The van der Waals surface area contributed by atoms with Gasteiger partial charge >= 0.3 is 0 Å². The van der Waals surface area contributed by atoms with E-state index in [0.29, 0.717) is 17.9 Å². The zero-order valence-electron chi connectivity index (χ0n) is 14.9. The van der Waals surface area contributed by atoms with Gasteiger partial charge in [-0.25, -0.2) is 0 Å². The highest BCUT2D eigenvalue weighted by Gasteiger charge is 2.23. The Morgan fingerprint density at radius 2 is 1.92 bits per heavy atom. The Bertz CT molecular complexity index is 767. The normalized spacial score (nSPS) is 21.8. The Balaban J connectivity index is 1.47. The van der Waals surface area contributed by atoms with Crippen molar-refractivity contribution in [3.63, 3.8) is 0 Å². The molecule has 26 heavy (non-hydrogen) atoms. The van der Waals surface area contributed by atoms with Gasteiger partial charge in [-0.05, 0) is 55.4 Å². The summed E-state index contributed by atoms with van der Waals surface area (Å²) < 4.78 is 11.5. The highest BCUT2D eigenvalue weighted by atomic mass is 16.5. The number of nitrogens with one attached hydrogen (secondary N) is 1. The zero-order chi connectivity index (χ0) is 17.8. The third kappa shape index (κ3) is 3.75. The number of carbonyl (C=O) groups excluding carboxylic acids is 1. The number of hydrogen-bond acceptors (Lipinski definition) is 3. The van der Waals surface area contributed by atoms with E-state index in [1.54, 1.807) is 0 Å². The van der Waals surface area contributed by atoms with Crippen LogP contribution in [0.15, 0.2) is 48.5 Å². The first-order valence-electron chi connectivity index (χ1n) is 9.53. The van der Waals surface area contributed by atoms with E-state index in [4.69, 9.17) is 9.47 Å². The molecule has 1 fully saturated rings. The molecule has 4 rings (SSSR count). The topological polar surface area (TPSA) is 47.6 Å². The second-order valence-electron chi connectivity index (χ2n) is 7.06. The Morgan fingerprint density at radius 3 is 2.81 bits per heavy atom. The molecule has 0 saturated carbocycles. The molecule has 0 radical (unpaired) electrons. The second kappa shape index (κ2) is 7.92. The fraction of sp³-hybridized carbons (Fsp3) is 0.409. The number of hydrogen-bond donors (Lipinski definition) is 1. The van der Waals surface area contributed by atoms with Crippen molar-refractivity contribution in [3.05, 3.63) is 65.2 Å². The minimum absolute atomic E-state index is 0.0682. The van der Waals surface area contributed by atoms with Gasteiger partial charge in [-0.15, -0.1) is 0 Å². The summed E-state index contributed by atoms with van der Waals surface area (Å²) in [6.45, 7) is 1.30. The predicted molar refractivity (Wildman–Crippen MR) is 100 cm³/mol. The number of carbonyl (C=O) groups is 1. The third-order valence-electron chi connectivity index (χ3n) is 5.26. The molecule has 136 valence electrons. The second-order valence-corrected chi connectivity index (χ2v) is 7.06. The summed E-state index contributed by atoms with van der Waals surface area (Å²) >= 11 is 0. The molecule has 2 atom stereocenters. The van der Waals surface area contributed by atoms with Crippen molar-refractivity contribution in [2.45, 2.75) is 44.2 Å². The molecule has 4 nitrogen and oxygen atoms in total. The van der Waals surface area contributed by atoms with Crippen LogP contribution in [-0.2, 0) is 11.2 Å². The van der Waals surface area contributed by atoms with E-state index in [-0.39, 0.29) is 18.1 Å². The highest BCUT2D eigenvalue weighted by molar-refractivity contribution is 5.97. The van der Waals surface area contributed by atoms with Crippen LogP contribution in [0.4, 0.5) is 0 Å². The van der Waals surface area contributed by atoms with E-state index >= 15 is 0 Å². The highest BCUT2D eigenvalue weighted by Crippen LogP contribution is 2.30. The van der Waals surface area contributed by atoms with Gasteiger partial charge in [0.15, 0.2) is 0 Å². The number of aryl methyl sites for hydroxylation is 1. The summed E-state index contributed by atoms with van der Waals surface area (Å²) in [4.78, 5) is 12.9. The first-order valence-corrected chi connectivity index (χ1v) is 9.53. The number of para-hydroxylation sites is 1. The number of rotatable bonds is 5. The van der Waals surface area contributed by atoms with E-state index in [2.05, 4.69) is 23.5 Å². The van der Waals surface area contributed by atoms with Gasteiger partial charge in [0.05, 0.1) is 17.7 Å². The van der Waals surface area contributed by atoms with Crippen molar-refractivity contribution < 1.29 is 14.3 Å². The van der Waals surface area contributed by atoms with Gasteiger partial charge in [0.1, 0.15) is 12.4 Å². The first-order chi connectivity index (χ1) is 12.8. The van der Waals surface area contributed by atoms with Crippen molar-refractivity contribution in [2.75, 3.05) is 13.2 Å². The van der Waals surface area contributed by atoms with Crippen molar-refractivity contribution in [2.24, 2.45) is 0 Å². The molecule has 2 aliphatic rings. The van der Waals surface area contributed by atoms with Gasteiger partial charge in [0, 0.05) is 6.61 Å². The number of amides is 1. The van der Waals surface area contributed by atoms with Crippen LogP contribution < -0.4 is 10.1 Å². The van der Waals surface area contributed by atoms with Crippen LogP contribution in [0, 0.1) is 0 Å². The summed E-state index contributed by atoms with van der Waals surface area (Å²) in [5.41, 5.74) is 3.17. The van der Waals surface area contributed by atoms with Gasteiger partial charge in [-0.2, -0.15) is 0 Å². The number of ether oxygens (including phenoxy) is 2. The van der Waals surface area contributed by atoms with E-state index in [1.807, 2.05) is 30.3 Å². The number of fused-ring (bicyclic) bond motifs is 1. The van der Waals surface area contributed by atoms with Gasteiger partial charge in [0.2, 0.25) is 0 Å². The summed E-state index contributed by atoms with van der Waals surface area (Å²) in [6, 6.07) is 15.9. The van der Waals surface area contributed by atoms with Crippen LogP contribution in [0.5, 0.6) is 5.75 Å². The average Bonchev–Trinajstić information content (AvgIpc) is 3.20. The summed E-state index contributed by atoms with van der Waals surface area (Å²) in [7, 11) is 0. The molecule has 1 amide bonds. The van der Waals surface area contributed by atoms with Gasteiger partial charge in [-0.1, -0.05) is 36.4 Å². The number of benzene rings is 2. The smallest absolute Gasteiger partial charge is 0.255 e. The van der Waals surface area contributed by atoms with Gasteiger partial charge < -0.3 is 14.8 Å². The minimum Gasteiger partial charge on any atom is -0.490 e. The van der Waals surface area contributed by atoms with Crippen LogP contribution in [0.1, 0.15) is 53.2 Å². The minimum atomic E-state index is -0.0744. The molecule has 0 aromatic heterocycles. The monoisotopic (exact) mass is 351 g/mol. The molecule has 1 aliphatic heterocycles. The maximum absolute atomic E-state index is 12.9. The predicted octanol–water partition coefficient (Wildman–Crippen LogP) is 4.05. The largest absolute Gasteiger partial charge is 0.490 e. The molecule has 1 saturated heterocycles. The molecule has 0 bridgehead atoms. The van der Waals surface area contributed by atoms with Gasteiger partial charge in [0.25, 0.3) is 5.91 Å². The van der Waals surface area contributed by atoms with Crippen LogP contribution in [0.3, 0.4) is 0 Å². The maximum Gasteiger partial charge on any atom is 0.255 e. The Kier molecular flexibility index (Phi) is 5.21. The van der Waals surface area contributed by atoms with E-state index in [0.717, 1.165) is 38.7 Å². The lowest BCUT2D eigenvalue weighted by atomic mass is 9.87. The average molecular weight is 351 g/mol. The summed E-state index contributed by atoms with van der Waals surface area (Å²) in [5, 5.41) is 3.21. The SMILES string of the molecule is O=C(NC1CCCc2ccccc21)c1ccccc1OCC1CCCO1. The summed E-state index contributed by atoms with van der Waals surface area (Å²) in [6.07, 6.45) is 5.39. The van der Waals surface area contributed by atoms with Crippen molar-refractivity contribution in [3.8, 4) is 5.75 Å². The standard InChI is InChI=1S/C22H25NO3/c24-22(23-20-12-5-8-16-7-1-2-10-18(16)20)19-11-3-4-13-21(19)26-15-17-9-6-14-25-17/h1-4,7,10-11,13,17,20H,5-6,8-9,12,14-15H2,(H,23,24). The van der Waals surface area contributed by atoms with Crippen LogP contribution in [0.25, 0.3) is 0 Å².